The average molecular weight is 233 g/mol. The van der Waals surface area contributed by atoms with Crippen LogP contribution in [0.2, 0.25) is 0 Å². The van der Waals surface area contributed by atoms with Crippen LogP contribution in [0.4, 0.5) is 5.69 Å². The van der Waals surface area contributed by atoms with Crippen LogP contribution < -0.4 is 10.1 Å². The number of hydrogen-bond donors (Lipinski definition) is 1. The lowest BCUT2D eigenvalue weighted by molar-refractivity contribution is 0.0987. The van der Waals surface area contributed by atoms with Gasteiger partial charge in [-0.05, 0) is 23.7 Å². The fourth-order valence-electron chi connectivity index (χ4n) is 1.24. The predicted molar refractivity (Wildman–Crippen MR) is 60.0 cm³/mol. The fraction of sp³-hybridized carbons (Fsp3) is 0.182. The Labute approximate surface area is 97.6 Å². The third kappa shape index (κ3) is 2.41. The molecule has 0 aliphatic carbocycles. The first-order valence-corrected chi connectivity index (χ1v) is 4.93. The molecule has 0 saturated carbocycles. The Hall–Kier alpha value is -2.37. The monoisotopic (exact) mass is 233 g/mol. The summed E-state index contributed by atoms with van der Waals surface area (Å²) in [5.41, 5.74) is 1.55. The van der Waals surface area contributed by atoms with Crippen molar-refractivity contribution in [2.75, 3.05) is 12.4 Å². The second kappa shape index (κ2) is 4.65. The number of methoxy groups -OCH3 is 1. The van der Waals surface area contributed by atoms with Crippen molar-refractivity contribution in [1.29, 1.82) is 0 Å². The summed E-state index contributed by atoms with van der Waals surface area (Å²) in [7, 11) is 1.45. The van der Waals surface area contributed by atoms with Gasteiger partial charge in [0.25, 0.3) is 11.8 Å². The van der Waals surface area contributed by atoms with Crippen LogP contribution in [0.3, 0.4) is 0 Å². The van der Waals surface area contributed by atoms with E-state index < -0.39 is 5.91 Å². The number of rotatable bonds is 3. The maximum atomic E-state index is 11.8. The number of pyridine rings is 1. The number of aromatic nitrogens is 2. The highest BCUT2D eigenvalue weighted by molar-refractivity contribution is 6.02. The summed E-state index contributed by atoms with van der Waals surface area (Å²) >= 11 is 0. The minimum atomic E-state index is -0.392. The van der Waals surface area contributed by atoms with Crippen molar-refractivity contribution >= 4 is 11.6 Å². The summed E-state index contributed by atoms with van der Waals surface area (Å²) in [6.45, 7) is 1.87. The van der Waals surface area contributed by atoms with Gasteiger partial charge in [0, 0.05) is 6.20 Å². The molecule has 0 radical (unpaired) electrons. The minimum absolute atomic E-state index is 0.0881. The Kier molecular flexibility index (Phi) is 3.04. The van der Waals surface area contributed by atoms with Crippen molar-refractivity contribution < 1.29 is 14.1 Å². The summed E-state index contributed by atoms with van der Waals surface area (Å²) in [5, 5.41) is 6.22. The number of nitrogens with zero attached hydrogens (tertiary/aromatic N) is 2. The lowest BCUT2D eigenvalue weighted by atomic mass is 10.2. The standard InChI is InChI=1S/C11H11N3O3/c1-7-3-4-12-6-8(7)13-11(15)9-5-10(16-2)14-17-9/h3-6H,1-2H3,(H,13,15). The lowest BCUT2D eigenvalue weighted by Gasteiger charge is -2.04. The topological polar surface area (TPSA) is 77.2 Å². The number of carbonyl (C=O) groups is 1. The summed E-state index contributed by atoms with van der Waals surface area (Å²) < 4.78 is 9.64. The van der Waals surface area contributed by atoms with Gasteiger partial charge in [-0.2, -0.15) is 0 Å². The highest BCUT2D eigenvalue weighted by atomic mass is 16.5. The van der Waals surface area contributed by atoms with Crippen molar-refractivity contribution in [2.45, 2.75) is 6.92 Å². The van der Waals surface area contributed by atoms with E-state index in [4.69, 9.17) is 9.26 Å². The van der Waals surface area contributed by atoms with Crippen LogP contribution in [0, 0.1) is 6.92 Å². The van der Waals surface area contributed by atoms with E-state index in [9.17, 15) is 4.79 Å². The molecule has 0 aliphatic rings. The highest BCUT2D eigenvalue weighted by Crippen LogP contribution is 2.15. The van der Waals surface area contributed by atoms with E-state index in [-0.39, 0.29) is 11.6 Å². The van der Waals surface area contributed by atoms with Gasteiger partial charge in [-0.25, -0.2) is 0 Å². The zero-order chi connectivity index (χ0) is 12.3. The van der Waals surface area contributed by atoms with Crippen molar-refractivity contribution in [3.63, 3.8) is 0 Å². The van der Waals surface area contributed by atoms with Gasteiger partial charge in [-0.15, -0.1) is 0 Å². The third-order valence-corrected chi connectivity index (χ3v) is 2.21. The van der Waals surface area contributed by atoms with Crippen LogP contribution >= 0.6 is 0 Å². The van der Waals surface area contributed by atoms with Crippen LogP contribution in [0.1, 0.15) is 16.1 Å². The number of hydrogen-bond acceptors (Lipinski definition) is 5. The molecule has 88 valence electrons. The molecule has 0 saturated heterocycles. The van der Waals surface area contributed by atoms with E-state index in [1.807, 2.05) is 6.92 Å². The van der Waals surface area contributed by atoms with Gasteiger partial charge in [0.2, 0.25) is 5.76 Å². The van der Waals surface area contributed by atoms with Gasteiger partial charge in [-0.1, -0.05) is 0 Å². The first-order chi connectivity index (χ1) is 8.20. The van der Waals surface area contributed by atoms with Crippen LogP contribution in [0.25, 0.3) is 0 Å². The Morgan fingerprint density at radius 2 is 2.35 bits per heavy atom. The number of ether oxygens (including phenoxy) is 1. The smallest absolute Gasteiger partial charge is 0.294 e. The van der Waals surface area contributed by atoms with Crippen LogP contribution in [0.15, 0.2) is 29.0 Å². The van der Waals surface area contributed by atoms with Crippen LogP contribution in [0.5, 0.6) is 5.88 Å². The van der Waals surface area contributed by atoms with E-state index in [0.717, 1.165) is 5.56 Å². The molecule has 6 heteroatoms. The van der Waals surface area contributed by atoms with Gasteiger partial charge in [0.1, 0.15) is 0 Å². The molecule has 2 aromatic rings. The molecule has 0 atom stereocenters. The maximum absolute atomic E-state index is 11.8. The predicted octanol–water partition coefficient (Wildman–Crippen LogP) is 1.64. The molecule has 0 spiro atoms. The molecule has 0 bridgehead atoms. The Bertz CT molecular complexity index is 536. The van der Waals surface area contributed by atoms with Gasteiger partial charge in [-0.3, -0.25) is 9.78 Å². The molecule has 2 aromatic heterocycles. The quantitative estimate of drug-likeness (QED) is 0.871. The second-order valence-electron chi connectivity index (χ2n) is 3.38. The number of amides is 1. The average Bonchev–Trinajstić information content (AvgIpc) is 2.81. The molecule has 0 aliphatic heterocycles. The minimum Gasteiger partial charge on any atom is -0.479 e. The van der Waals surface area contributed by atoms with E-state index >= 15 is 0 Å². The number of nitrogens with one attached hydrogen (secondary N) is 1. The number of carbonyl (C=O) groups excluding carboxylic acids is 1. The van der Waals surface area contributed by atoms with E-state index in [1.165, 1.54) is 13.2 Å². The van der Waals surface area contributed by atoms with Crippen molar-refractivity contribution in [3.8, 4) is 5.88 Å². The summed E-state index contributed by atoms with van der Waals surface area (Å²) in [5.74, 6) is -0.0416. The summed E-state index contributed by atoms with van der Waals surface area (Å²) in [4.78, 5) is 15.7. The molecule has 2 heterocycles. The SMILES string of the molecule is COc1cc(C(=O)Nc2cnccc2C)on1. The van der Waals surface area contributed by atoms with Crippen LogP contribution in [-0.2, 0) is 0 Å². The van der Waals surface area contributed by atoms with Gasteiger partial charge in [0.15, 0.2) is 0 Å². The molecule has 17 heavy (non-hydrogen) atoms. The molecule has 0 aromatic carbocycles. The first-order valence-electron chi connectivity index (χ1n) is 4.93. The van der Waals surface area contributed by atoms with Crippen LogP contribution in [-0.4, -0.2) is 23.2 Å². The van der Waals surface area contributed by atoms with Crippen molar-refractivity contribution in [3.05, 3.63) is 35.9 Å². The molecule has 1 N–H and O–H groups in total. The maximum Gasteiger partial charge on any atom is 0.294 e. The Morgan fingerprint density at radius 1 is 1.53 bits per heavy atom. The molecule has 2 rings (SSSR count). The first kappa shape index (κ1) is 11.1. The molecule has 6 nitrogen and oxygen atoms in total. The van der Waals surface area contributed by atoms with Gasteiger partial charge >= 0.3 is 0 Å². The van der Waals surface area contributed by atoms with E-state index in [2.05, 4.69) is 15.5 Å². The van der Waals surface area contributed by atoms with Crippen molar-refractivity contribution in [1.82, 2.24) is 10.1 Å². The Morgan fingerprint density at radius 3 is 3.00 bits per heavy atom. The normalized spacial score (nSPS) is 10.0. The highest BCUT2D eigenvalue weighted by Gasteiger charge is 2.14. The van der Waals surface area contributed by atoms with E-state index in [0.29, 0.717) is 5.69 Å². The Balaban J connectivity index is 2.14. The molecular weight excluding hydrogens is 222 g/mol. The second-order valence-corrected chi connectivity index (χ2v) is 3.38. The summed E-state index contributed by atoms with van der Waals surface area (Å²) in [6, 6.07) is 3.22. The zero-order valence-corrected chi connectivity index (χ0v) is 9.43. The number of aryl methyl sites for hydroxylation is 1. The lowest BCUT2D eigenvalue weighted by Crippen LogP contribution is -2.12. The van der Waals surface area contributed by atoms with E-state index in [1.54, 1.807) is 18.5 Å². The van der Waals surface area contributed by atoms with Gasteiger partial charge in [0.05, 0.1) is 25.1 Å². The zero-order valence-electron chi connectivity index (χ0n) is 9.43. The molecule has 0 fully saturated rings. The largest absolute Gasteiger partial charge is 0.479 e. The number of anilines is 1. The molecular formula is C11H11N3O3. The fourth-order valence-corrected chi connectivity index (χ4v) is 1.24. The molecule has 0 unspecified atom stereocenters. The van der Waals surface area contributed by atoms with Gasteiger partial charge < -0.3 is 14.6 Å². The molecule has 1 amide bonds. The summed E-state index contributed by atoms with van der Waals surface area (Å²) in [6.07, 6.45) is 3.23. The van der Waals surface area contributed by atoms with Crippen molar-refractivity contribution in [2.24, 2.45) is 0 Å². The third-order valence-electron chi connectivity index (χ3n) is 2.21.